The topological polar surface area (TPSA) is 51.2 Å². The van der Waals surface area contributed by atoms with Gasteiger partial charge in [0.15, 0.2) is 11.5 Å². The fourth-order valence-corrected chi connectivity index (χ4v) is 3.72. The summed E-state index contributed by atoms with van der Waals surface area (Å²) in [6.45, 7) is 4.60. The van der Waals surface area contributed by atoms with E-state index < -0.39 is 0 Å². The standard InChI is InChI=1S/C22H26N2O4/c1-26-19-6-2-4-17(14-19)5-3-9-23-10-12-24(13-11-23)22(25)18-7-8-20-21(15-18)28-16-27-20/h2,4,6-8,14-15H,3,5,9-13,16H2,1H3. The number of ether oxygens (including phenoxy) is 3. The maximum atomic E-state index is 12.8. The molecular formula is C22H26N2O4. The summed E-state index contributed by atoms with van der Waals surface area (Å²) < 4.78 is 16.0. The Morgan fingerprint density at radius 3 is 2.68 bits per heavy atom. The lowest BCUT2D eigenvalue weighted by atomic mass is 10.1. The molecule has 1 fully saturated rings. The quantitative estimate of drug-likeness (QED) is 0.769. The van der Waals surface area contributed by atoms with E-state index in [9.17, 15) is 4.79 Å². The number of hydrogen-bond donors (Lipinski definition) is 0. The first-order valence-corrected chi connectivity index (χ1v) is 9.77. The number of nitrogens with zero attached hydrogens (tertiary/aromatic N) is 2. The van der Waals surface area contributed by atoms with E-state index in [0.717, 1.165) is 51.3 Å². The van der Waals surface area contributed by atoms with Gasteiger partial charge in [-0.05, 0) is 55.3 Å². The van der Waals surface area contributed by atoms with E-state index in [1.54, 1.807) is 13.2 Å². The van der Waals surface area contributed by atoms with Crippen LogP contribution < -0.4 is 14.2 Å². The van der Waals surface area contributed by atoms with Gasteiger partial charge >= 0.3 is 0 Å². The first-order chi connectivity index (χ1) is 13.7. The third-order valence-corrected chi connectivity index (χ3v) is 5.35. The summed E-state index contributed by atoms with van der Waals surface area (Å²) in [6, 6.07) is 13.7. The highest BCUT2D eigenvalue weighted by molar-refractivity contribution is 5.95. The van der Waals surface area contributed by atoms with Crippen LogP contribution in [-0.2, 0) is 6.42 Å². The molecule has 28 heavy (non-hydrogen) atoms. The number of amides is 1. The molecule has 0 aromatic heterocycles. The molecule has 0 saturated carbocycles. The highest BCUT2D eigenvalue weighted by atomic mass is 16.7. The zero-order valence-corrected chi connectivity index (χ0v) is 16.2. The lowest BCUT2D eigenvalue weighted by molar-refractivity contribution is 0.0635. The SMILES string of the molecule is COc1cccc(CCCN2CCN(C(=O)c3ccc4c(c3)OCO4)CC2)c1. The third kappa shape index (κ3) is 4.22. The van der Waals surface area contributed by atoms with Crippen LogP contribution in [0.4, 0.5) is 0 Å². The molecule has 6 nitrogen and oxygen atoms in total. The Balaban J connectivity index is 1.23. The van der Waals surface area contributed by atoms with Crippen molar-refractivity contribution in [2.75, 3.05) is 46.6 Å². The van der Waals surface area contributed by atoms with Gasteiger partial charge in [0, 0.05) is 31.7 Å². The Morgan fingerprint density at radius 1 is 1.04 bits per heavy atom. The molecule has 0 N–H and O–H groups in total. The first kappa shape index (κ1) is 18.6. The van der Waals surface area contributed by atoms with Crippen LogP contribution in [0, 0.1) is 0 Å². The predicted octanol–water partition coefficient (Wildman–Crippen LogP) is 2.81. The molecule has 2 aliphatic rings. The van der Waals surface area contributed by atoms with Crippen LogP contribution in [0.3, 0.4) is 0 Å². The lowest BCUT2D eigenvalue weighted by Crippen LogP contribution is -2.48. The number of piperazine rings is 1. The highest BCUT2D eigenvalue weighted by Crippen LogP contribution is 2.32. The van der Waals surface area contributed by atoms with Crippen LogP contribution in [-0.4, -0.2) is 62.3 Å². The maximum Gasteiger partial charge on any atom is 0.254 e. The Labute approximate surface area is 165 Å². The van der Waals surface area contributed by atoms with Gasteiger partial charge < -0.3 is 19.1 Å². The predicted molar refractivity (Wildman–Crippen MR) is 106 cm³/mol. The minimum absolute atomic E-state index is 0.0642. The molecule has 4 rings (SSSR count). The number of carbonyl (C=O) groups excluding carboxylic acids is 1. The second kappa shape index (κ2) is 8.52. The molecule has 0 aliphatic carbocycles. The Kier molecular flexibility index (Phi) is 5.67. The second-order valence-electron chi connectivity index (χ2n) is 7.16. The minimum Gasteiger partial charge on any atom is -0.497 e. The van der Waals surface area contributed by atoms with Crippen LogP contribution in [0.2, 0.25) is 0 Å². The lowest BCUT2D eigenvalue weighted by Gasteiger charge is -2.34. The van der Waals surface area contributed by atoms with Gasteiger partial charge in [0.25, 0.3) is 5.91 Å². The van der Waals surface area contributed by atoms with Gasteiger partial charge in [-0.2, -0.15) is 0 Å². The van der Waals surface area contributed by atoms with Gasteiger partial charge in [-0.25, -0.2) is 0 Å². The zero-order chi connectivity index (χ0) is 19.3. The second-order valence-corrected chi connectivity index (χ2v) is 7.16. The molecule has 0 bridgehead atoms. The molecule has 2 aromatic rings. The normalized spacial score (nSPS) is 16.2. The summed E-state index contributed by atoms with van der Waals surface area (Å²) in [5.74, 6) is 2.34. The number of rotatable bonds is 6. The van der Waals surface area contributed by atoms with Crippen LogP contribution in [0.25, 0.3) is 0 Å². The summed E-state index contributed by atoms with van der Waals surface area (Å²) in [5.41, 5.74) is 1.96. The largest absolute Gasteiger partial charge is 0.497 e. The number of methoxy groups -OCH3 is 1. The van der Waals surface area contributed by atoms with Crippen molar-refractivity contribution in [3.05, 3.63) is 53.6 Å². The average Bonchev–Trinajstić information content (AvgIpc) is 3.22. The number of hydrogen-bond acceptors (Lipinski definition) is 5. The molecule has 0 radical (unpaired) electrons. The van der Waals surface area contributed by atoms with Crippen LogP contribution >= 0.6 is 0 Å². The van der Waals surface area contributed by atoms with Gasteiger partial charge in [-0.15, -0.1) is 0 Å². The highest BCUT2D eigenvalue weighted by Gasteiger charge is 2.23. The van der Waals surface area contributed by atoms with E-state index in [-0.39, 0.29) is 12.7 Å². The smallest absolute Gasteiger partial charge is 0.254 e. The summed E-state index contributed by atoms with van der Waals surface area (Å²) >= 11 is 0. The van der Waals surface area contributed by atoms with Crippen molar-refractivity contribution in [2.24, 2.45) is 0 Å². The molecule has 6 heteroatoms. The number of fused-ring (bicyclic) bond motifs is 1. The Bertz CT molecular complexity index is 831. The molecule has 0 spiro atoms. The molecule has 1 amide bonds. The summed E-state index contributed by atoms with van der Waals surface area (Å²) in [5, 5.41) is 0. The summed E-state index contributed by atoms with van der Waals surface area (Å²) in [7, 11) is 1.70. The summed E-state index contributed by atoms with van der Waals surface area (Å²) in [6.07, 6.45) is 2.14. The number of carbonyl (C=O) groups is 1. The van der Waals surface area contributed by atoms with Gasteiger partial charge in [0.2, 0.25) is 6.79 Å². The van der Waals surface area contributed by atoms with Gasteiger partial charge in [0.1, 0.15) is 5.75 Å². The fourth-order valence-electron chi connectivity index (χ4n) is 3.72. The molecule has 1 saturated heterocycles. The van der Waals surface area contributed by atoms with E-state index in [2.05, 4.69) is 17.0 Å². The molecule has 0 atom stereocenters. The van der Waals surface area contributed by atoms with Gasteiger partial charge in [0.05, 0.1) is 7.11 Å². The van der Waals surface area contributed by atoms with Crippen LogP contribution in [0.5, 0.6) is 17.2 Å². The Morgan fingerprint density at radius 2 is 1.86 bits per heavy atom. The van der Waals surface area contributed by atoms with Crippen molar-refractivity contribution >= 4 is 5.91 Å². The van der Waals surface area contributed by atoms with E-state index in [0.29, 0.717) is 17.1 Å². The van der Waals surface area contributed by atoms with Crippen molar-refractivity contribution in [1.29, 1.82) is 0 Å². The van der Waals surface area contributed by atoms with Gasteiger partial charge in [-0.1, -0.05) is 12.1 Å². The first-order valence-electron chi connectivity index (χ1n) is 9.77. The molecule has 2 aromatic carbocycles. The molecule has 148 valence electrons. The molecule has 2 heterocycles. The van der Waals surface area contributed by atoms with Crippen molar-refractivity contribution < 1.29 is 19.0 Å². The monoisotopic (exact) mass is 382 g/mol. The zero-order valence-electron chi connectivity index (χ0n) is 16.2. The minimum atomic E-state index is 0.0642. The van der Waals surface area contributed by atoms with E-state index >= 15 is 0 Å². The molecule has 2 aliphatic heterocycles. The maximum absolute atomic E-state index is 12.8. The summed E-state index contributed by atoms with van der Waals surface area (Å²) in [4.78, 5) is 17.1. The number of aryl methyl sites for hydroxylation is 1. The van der Waals surface area contributed by atoms with E-state index in [1.807, 2.05) is 29.2 Å². The van der Waals surface area contributed by atoms with E-state index in [4.69, 9.17) is 14.2 Å². The Hall–Kier alpha value is -2.73. The van der Waals surface area contributed by atoms with Crippen molar-refractivity contribution in [3.63, 3.8) is 0 Å². The van der Waals surface area contributed by atoms with Crippen molar-refractivity contribution in [3.8, 4) is 17.2 Å². The van der Waals surface area contributed by atoms with Crippen LogP contribution in [0.15, 0.2) is 42.5 Å². The van der Waals surface area contributed by atoms with Crippen LogP contribution in [0.1, 0.15) is 22.3 Å². The fraction of sp³-hybridized carbons (Fsp3) is 0.409. The van der Waals surface area contributed by atoms with Gasteiger partial charge in [-0.3, -0.25) is 9.69 Å². The third-order valence-electron chi connectivity index (χ3n) is 5.35. The molecule has 0 unspecified atom stereocenters. The van der Waals surface area contributed by atoms with Crippen molar-refractivity contribution in [2.45, 2.75) is 12.8 Å². The van der Waals surface area contributed by atoms with E-state index in [1.165, 1.54) is 5.56 Å². The average molecular weight is 382 g/mol. The number of benzene rings is 2. The molecular weight excluding hydrogens is 356 g/mol. The van der Waals surface area contributed by atoms with Crippen molar-refractivity contribution in [1.82, 2.24) is 9.80 Å².